The number of nitroso groups, excluding NO2 is 2. The standard InChI is InChI=1S/C11H8N4O2/c12-11-9(14-16)4-8(5-10(11)15-17)7-2-1-3-13-6-7/h1-6H,12H2. The van der Waals surface area contributed by atoms with Crippen LogP contribution in [0.5, 0.6) is 0 Å². The molecule has 1 aromatic heterocycles. The Kier molecular flexibility index (Phi) is 2.87. The highest BCUT2D eigenvalue weighted by molar-refractivity contribution is 5.83. The van der Waals surface area contributed by atoms with Gasteiger partial charge in [-0.3, -0.25) is 4.98 Å². The molecule has 0 atom stereocenters. The van der Waals surface area contributed by atoms with Gasteiger partial charge in [0.2, 0.25) is 0 Å². The normalized spacial score (nSPS) is 9.88. The molecule has 0 radical (unpaired) electrons. The Morgan fingerprint density at radius 1 is 1.06 bits per heavy atom. The molecule has 0 saturated heterocycles. The summed E-state index contributed by atoms with van der Waals surface area (Å²) < 4.78 is 0. The lowest BCUT2D eigenvalue weighted by atomic mass is 10.1. The first-order valence-electron chi connectivity index (χ1n) is 4.77. The predicted molar refractivity (Wildman–Crippen MR) is 65.0 cm³/mol. The van der Waals surface area contributed by atoms with E-state index >= 15 is 0 Å². The Hall–Kier alpha value is -2.63. The van der Waals surface area contributed by atoms with Gasteiger partial charge in [-0.1, -0.05) is 6.07 Å². The smallest absolute Gasteiger partial charge is 0.133 e. The van der Waals surface area contributed by atoms with Crippen LogP contribution in [0.1, 0.15) is 0 Å². The van der Waals surface area contributed by atoms with Gasteiger partial charge in [0.15, 0.2) is 0 Å². The Bertz CT molecular complexity index is 540. The molecule has 2 N–H and O–H groups in total. The van der Waals surface area contributed by atoms with Gasteiger partial charge in [-0.15, -0.1) is 9.81 Å². The number of hydrogen-bond acceptors (Lipinski definition) is 6. The van der Waals surface area contributed by atoms with Crippen LogP contribution in [0.25, 0.3) is 11.1 Å². The summed E-state index contributed by atoms with van der Waals surface area (Å²) in [5.74, 6) is 0. The van der Waals surface area contributed by atoms with Gasteiger partial charge < -0.3 is 5.73 Å². The number of anilines is 1. The lowest BCUT2D eigenvalue weighted by Gasteiger charge is -2.05. The molecule has 0 unspecified atom stereocenters. The van der Waals surface area contributed by atoms with E-state index in [0.29, 0.717) is 5.56 Å². The van der Waals surface area contributed by atoms with E-state index in [-0.39, 0.29) is 17.1 Å². The molecule has 84 valence electrons. The molecule has 0 spiro atoms. The van der Waals surface area contributed by atoms with Gasteiger partial charge in [0.25, 0.3) is 0 Å². The van der Waals surface area contributed by atoms with Crippen molar-refractivity contribution in [3.8, 4) is 11.1 Å². The number of pyridine rings is 1. The SMILES string of the molecule is Nc1c(N=O)cc(-c2cccnc2)cc1N=O. The number of nitrogens with zero attached hydrogens (tertiary/aromatic N) is 3. The molecule has 2 aromatic rings. The van der Waals surface area contributed by atoms with Gasteiger partial charge in [-0.2, -0.15) is 0 Å². The van der Waals surface area contributed by atoms with Crippen molar-refractivity contribution in [3.63, 3.8) is 0 Å². The van der Waals surface area contributed by atoms with Crippen molar-refractivity contribution >= 4 is 17.1 Å². The molecule has 6 nitrogen and oxygen atoms in total. The monoisotopic (exact) mass is 228 g/mol. The van der Waals surface area contributed by atoms with Crippen LogP contribution in [-0.2, 0) is 0 Å². The Morgan fingerprint density at radius 2 is 1.71 bits per heavy atom. The van der Waals surface area contributed by atoms with Crippen LogP contribution >= 0.6 is 0 Å². The van der Waals surface area contributed by atoms with E-state index < -0.39 is 0 Å². The number of aromatic nitrogens is 1. The van der Waals surface area contributed by atoms with Gasteiger partial charge in [0.1, 0.15) is 11.4 Å². The van der Waals surface area contributed by atoms with E-state index in [9.17, 15) is 9.81 Å². The lowest BCUT2D eigenvalue weighted by Crippen LogP contribution is -1.88. The first kappa shape index (κ1) is 10.9. The lowest BCUT2D eigenvalue weighted by molar-refractivity contribution is 1.33. The molecule has 0 aliphatic carbocycles. The minimum Gasteiger partial charge on any atom is -0.395 e. The van der Waals surface area contributed by atoms with Crippen molar-refractivity contribution in [3.05, 3.63) is 46.5 Å². The molecule has 0 aliphatic heterocycles. The Balaban J connectivity index is 2.64. The molecule has 0 bridgehead atoms. The molecule has 0 aliphatic rings. The van der Waals surface area contributed by atoms with Crippen molar-refractivity contribution < 1.29 is 0 Å². The number of nitrogens with two attached hydrogens (primary N) is 1. The number of nitrogen functional groups attached to an aromatic ring is 1. The highest BCUT2D eigenvalue weighted by atomic mass is 16.3. The second-order valence-electron chi connectivity index (χ2n) is 3.35. The first-order chi connectivity index (χ1) is 8.26. The van der Waals surface area contributed by atoms with Crippen LogP contribution in [0, 0.1) is 9.81 Å². The number of rotatable bonds is 3. The fourth-order valence-corrected chi connectivity index (χ4v) is 1.47. The van der Waals surface area contributed by atoms with Gasteiger partial charge >= 0.3 is 0 Å². The van der Waals surface area contributed by atoms with E-state index in [2.05, 4.69) is 15.3 Å². The van der Waals surface area contributed by atoms with Crippen LogP contribution in [0.2, 0.25) is 0 Å². The predicted octanol–water partition coefficient (Wildman–Crippen LogP) is 3.13. The largest absolute Gasteiger partial charge is 0.395 e. The minimum absolute atomic E-state index is 0.000882. The van der Waals surface area contributed by atoms with Gasteiger partial charge in [0.05, 0.1) is 5.69 Å². The summed E-state index contributed by atoms with van der Waals surface area (Å²) >= 11 is 0. The third kappa shape index (κ3) is 2.00. The molecule has 0 amide bonds. The summed E-state index contributed by atoms with van der Waals surface area (Å²) in [4.78, 5) is 25.1. The second kappa shape index (κ2) is 4.48. The topological polar surface area (TPSA) is 97.8 Å². The zero-order valence-electron chi connectivity index (χ0n) is 8.70. The summed E-state index contributed by atoms with van der Waals surface area (Å²) in [6, 6.07) is 6.53. The molecular weight excluding hydrogens is 220 g/mol. The van der Waals surface area contributed by atoms with Crippen molar-refractivity contribution in [2.75, 3.05) is 5.73 Å². The summed E-state index contributed by atoms with van der Waals surface area (Å²) in [5, 5.41) is 5.54. The van der Waals surface area contributed by atoms with Crippen LogP contribution in [0.3, 0.4) is 0 Å². The van der Waals surface area contributed by atoms with E-state index in [1.807, 2.05) is 0 Å². The molecule has 2 rings (SSSR count). The van der Waals surface area contributed by atoms with Crippen molar-refractivity contribution in [1.29, 1.82) is 0 Å². The molecule has 0 fully saturated rings. The maximum absolute atomic E-state index is 10.6. The third-order valence-corrected chi connectivity index (χ3v) is 2.33. The molecule has 1 heterocycles. The summed E-state index contributed by atoms with van der Waals surface area (Å²) in [6.45, 7) is 0. The van der Waals surface area contributed by atoms with E-state index in [4.69, 9.17) is 5.73 Å². The highest BCUT2D eigenvalue weighted by Gasteiger charge is 2.10. The Morgan fingerprint density at radius 3 is 2.18 bits per heavy atom. The van der Waals surface area contributed by atoms with Gasteiger partial charge in [-0.05, 0) is 34.1 Å². The van der Waals surface area contributed by atoms with Crippen molar-refractivity contribution in [1.82, 2.24) is 4.98 Å². The molecule has 6 heteroatoms. The third-order valence-electron chi connectivity index (χ3n) is 2.33. The second-order valence-corrected chi connectivity index (χ2v) is 3.35. The van der Waals surface area contributed by atoms with E-state index in [1.165, 1.54) is 12.1 Å². The summed E-state index contributed by atoms with van der Waals surface area (Å²) in [5.41, 5.74) is 6.91. The molecular formula is C11H8N4O2. The molecule has 17 heavy (non-hydrogen) atoms. The molecule has 0 saturated carbocycles. The number of benzene rings is 1. The van der Waals surface area contributed by atoms with Crippen molar-refractivity contribution in [2.45, 2.75) is 0 Å². The average molecular weight is 228 g/mol. The summed E-state index contributed by atoms with van der Waals surface area (Å²) in [7, 11) is 0. The number of hydrogen-bond donors (Lipinski definition) is 1. The van der Waals surface area contributed by atoms with Crippen LogP contribution in [-0.4, -0.2) is 4.98 Å². The zero-order chi connectivity index (χ0) is 12.3. The van der Waals surface area contributed by atoms with Gasteiger partial charge in [0, 0.05) is 18.0 Å². The molecule has 1 aromatic carbocycles. The average Bonchev–Trinajstić information content (AvgIpc) is 2.40. The minimum atomic E-state index is -0.0114. The maximum atomic E-state index is 10.6. The van der Waals surface area contributed by atoms with Crippen molar-refractivity contribution in [2.24, 2.45) is 10.4 Å². The van der Waals surface area contributed by atoms with Gasteiger partial charge in [-0.25, -0.2) is 0 Å². The fourth-order valence-electron chi connectivity index (χ4n) is 1.47. The van der Waals surface area contributed by atoms with Crippen LogP contribution < -0.4 is 5.73 Å². The van der Waals surface area contributed by atoms with E-state index in [0.717, 1.165) is 5.56 Å². The highest BCUT2D eigenvalue weighted by Crippen LogP contribution is 2.37. The fraction of sp³-hybridized carbons (Fsp3) is 0. The van der Waals surface area contributed by atoms with E-state index in [1.54, 1.807) is 24.5 Å². The first-order valence-corrected chi connectivity index (χ1v) is 4.77. The summed E-state index contributed by atoms with van der Waals surface area (Å²) in [6.07, 6.45) is 3.23. The zero-order valence-corrected chi connectivity index (χ0v) is 8.70. The Labute approximate surface area is 96.4 Å². The maximum Gasteiger partial charge on any atom is 0.133 e. The van der Waals surface area contributed by atoms with Crippen LogP contribution in [0.4, 0.5) is 17.1 Å². The quantitative estimate of drug-likeness (QED) is 0.644. The van der Waals surface area contributed by atoms with Crippen LogP contribution in [0.15, 0.2) is 47.0 Å².